The topological polar surface area (TPSA) is 64.1 Å². The number of piperidine rings is 2. The van der Waals surface area contributed by atoms with E-state index >= 15 is 0 Å². The Bertz CT molecular complexity index is 453. The first kappa shape index (κ1) is 20.2. The smallest absolute Gasteiger partial charge is 0.317 e. The van der Waals surface area contributed by atoms with E-state index in [1.165, 1.54) is 6.42 Å². The molecule has 0 bridgehead atoms. The summed E-state index contributed by atoms with van der Waals surface area (Å²) < 4.78 is 0. The Morgan fingerprint density at radius 2 is 1.72 bits per heavy atom. The first-order valence-electron chi connectivity index (χ1n) is 9.80. The van der Waals surface area contributed by atoms with Gasteiger partial charge in [-0.05, 0) is 44.6 Å². The highest BCUT2D eigenvalue weighted by atomic mass is 16.4. The van der Waals surface area contributed by atoms with Crippen LogP contribution in [0.5, 0.6) is 0 Å². The SMILES string of the molecule is CCN(CC(=O)O)C1CCN(C(C)C(=O)N2CC(C)CC(C)C2)CC1. The fourth-order valence-corrected chi connectivity index (χ4v) is 4.57. The predicted octanol–water partition coefficient (Wildman–Crippen LogP) is 1.75. The molecule has 25 heavy (non-hydrogen) atoms. The summed E-state index contributed by atoms with van der Waals surface area (Å²) >= 11 is 0. The molecule has 3 unspecified atom stereocenters. The van der Waals surface area contributed by atoms with Crippen LogP contribution >= 0.6 is 0 Å². The van der Waals surface area contributed by atoms with Gasteiger partial charge in [0.15, 0.2) is 0 Å². The van der Waals surface area contributed by atoms with Gasteiger partial charge in [-0.3, -0.25) is 19.4 Å². The molecular weight excluding hydrogens is 318 g/mol. The normalized spacial score (nSPS) is 27.5. The molecule has 1 N–H and O–H groups in total. The summed E-state index contributed by atoms with van der Waals surface area (Å²) in [5, 5.41) is 9.04. The molecule has 2 aliphatic heterocycles. The number of hydrogen-bond donors (Lipinski definition) is 1. The molecule has 2 aliphatic rings. The maximum atomic E-state index is 12.9. The maximum absolute atomic E-state index is 12.9. The molecule has 0 saturated carbocycles. The predicted molar refractivity (Wildman–Crippen MR) is 98.5 cm³/mol. The number of carbonyl (C=O) groups is 2. The monoisotopic (exact) mass is 353 g/mol. The van der Waals surface area contributed by atoms with Gasteiger partial charge in [-0.25, -0.2) is 0 Å². The molecule has 2 rings (SSSR count). The van der Waals surface area contributed by atoms with Crippen molar-refractivity contribution in [3.05, 3.63) is 0 Å². The van der Waals surface area contributed by atoms with Crippen molar-refractivity contribution in [3.8, 4) is 0 Å². The first-order valence-corrected chi connectivity index (χ1v) is 9.80. The van der Waals surface area contributed by atoms with E-state index in [1.807, 2.05) is 18.7 Å². The van der Waals surface area contributed by atoms with Crippen LogP contribution in [-0.4, -0.2) is 83.0 Å². The number of likely N-dealkylation sites (N-methyl/N-ethyl adjacent to an activating group) is 1. The molecule has 6 nitrogen and oxygen atoms in total. The first-order chi connectivity index (χ1) is 11.8. The lowest BCUT2D eigenvalue weighted by molar-refractivity contribution is -0.140. The number of hydrogen-bond acceptors (Lipinski definition) is 4. The molecule has 0 aliphatic carbocycles. The summed E-state index contributed by atoms with van der Waals surface area (Å²) in [5.74, 6) is 0.662. The van der Waals surface area contributed by atoms with E-state index in [4.69, 9.17) is 5.11 Å². The van der Waals surface area contributed by atoms with Crippen molar-refractivity contribution in [2.24, 2.45) is 11.8 Å². The van der Waals surface area contributed by atoms with Gasteiger partial charge >= 0.3 is 5.97 Å². The third-order valence-corrected chi connectivity index (χ3v) is 5.85. The maximum Gasteiger partial charge on any atom is 0.317 e. The molecule has 2 heterocycles. The molecule has 1 amide bonds. The van der Waals surface area contributed by atoms with Gasteiger partial charge < -0.3 is 10.0 Å². The number of carboxylic acids is 1. The summed E-state index contributed by atoms with van der Waals surface area (Å²) in [6, 6.07) is 0.239. The molecule has 3 atom stereocenters. The van der Waals surface area contributed by atoms with Gasteiger partial charge in [-0.2, -0.15) is 0 Å². The van der Waals surface area contributed by atoms with Gasteiger partial charge in [-0.15, -0.1) is 0 Å². The van der Waals surface area contributed by atoms with Crippen LogP contribution in [0.25, 0.3) is 0 Å². The van der Waals surface area contributed by atoms with Crippen molar-refractivity contribution in [1.29, 1.82) is 0 Å². The highest BCUT2D eigenvalue weighted by molar-refractivity contribution is 5.81. The second kappa shape index (κ2) is 8.99. The Balaban J connectivity index is 1.86. The van der Waals surface area contributed by atoms with Crippen molar-refractivity contribution in [3.63, 3.8) is 0 Å². The lowest BCUT2D eigenvalue weighted by Gasteiger charge is -2.42. The highest BCUT2D eigenvalue weighted by Gasteiger charge is 2.33. The zero-order valence-electron chi connectivity index (χ0n) is 16.3. The molecule has 2 saturated heterocycles. The van der Waals surface area contributed by atoms with Crippen LogP contribution < -0.4 is 0 Å². The number of carbonyl (C=O) groups excluding carboxylic acids is 1. The van der Waals surface area contributed by atoms with Crippen LogP contribution in [0.1, 0.15) is 47.0 Å². The van der Waals surface area contributed by atoms with Crippen LogP contribution in [0.2, 0.25) is 0 Å². The second-order valence-corrected chi connectivity index (χ2v) is 8.09. The van der Waals surface area contributed by atoms with E-state index in [2.05, 4.69) is 23.6 Å². The number of rotatable bonds is 6. The number of nitrogens with zero attached hydrogens (tertiary/aromatic N) is 3. The average Bonchev–Trinajstić information content (AvgIpc) is 2.57. The zero-order valence-corrected chi connectivity index (χ0v) is 16.3. The van der Waals surface area contributed by atoms with Crippen LogP contribution in [0, 0.1) is 11.8 Å². The summed E-state index contributed by atoms with van der Waals surface area (Å²) in [4.78, 5) is 30.3. The molecule has 0 radical (unpaired) electrons. The minimum Gasteiger partial charge on any atom is -0.480 e. The van der Waals surface area contributed by atoms with Crippen molar-refractivity contribution in [2.45, 2.75) is 59.0 Å². The Morgan fingerprint density at radius 3 is 2.20 bits per heavy atom. The van der Waals surface area contributed by atoms with E-state index in [0.29, 0.717) is 17.9 Å². The molecule has 144 valence electrons. The van der Waals surface area contributed by atoms with Gasteiger partial charge in [0.2, 0.25) is 5.91 Å². The quantitative estimate of drug-likeness (QED) is 0.788. The van der Waals surface area contributed by atoms with E-state index < -0.39 is 5.97 Å². The summed E-state index contributed by atoms with van der Waals surface area (Å²) in [5.41, 5.74) is 0. The van der Waals surface area contributed by atoms with E-state index in [9.17, 15) is 9.59 Å². The number of carboxylic acid groups (broad SMARTS) is 1. The van der Waals surface area contributed by atoms with Crippen molar-refractivity contribution >= 4 is 11.9 Å². The van der Waals surface area contributed by atoms with Crippen LogP contribution in [0.3, 0.4) is 0 Å². The Labute approximate surface area is 152 Å². The van der Waals surface area contributed by atoms with Gasteiger partial charge in [0.05, 0.1) is 12.6 Å². The zero-order chi connectivity index (χ0) is 18.6. The van der Waals surface area contributed by atoms with E-state index in [-0.39, 0.29) is 18.5 Å². The fraction of sp³-hybridized carbons (Fsp3) is 0.895. The second-order valence-electron chi connectivity index (χ2n) is 8.09. The van der Waals surface area contributed by atoms with E-state index in [1.54, 1.807) is 0 Å². The standard InChI is InChI=1S/C19H35N3O3/c1-5-20(13-18(23)24)17-6-8-21(9-7-17)16(4)19(25)22-11-14(2)10-15(3)12-22/h14-17H,5-13H2,1-4H3,(H,23,24). The Morgan fingerprint density at radius 1 is 1.16 bits per heavy atom. The largest absolute Gasteiger partial charge is 0.480 e. The Hall–Kier alpha value is -1.14. The summed E-state index contributed by atoms with van der Waals surface area (Å²) in [7, 11) is 0. The number of likely N-dealkylation sites (tertiary alicyclic amines) is 2. The lowest BCUT2D eigenvalue weighted by Crippen LogP contribution is -2.54. The Kier molecular flexibility index (Phi) is 7.25. The van der Waals surface area contributed by atoms with Crippen molar-refractivity contribution in [1.82, 2.24) is 14.7 Å². The van der Waals surface area contributed by atoms with Crippen LogP contribution in [0.15, 0.2) is 0 Å². The number of aliphatic carboxylic acids is 1. The molecular formula is C19H35N3O3. The average molecular weight is 354 g/mol. The van der Waals surface area contributed by atoms with Crippen LogP contribution in [-0.2, 0) is 9.59 Å². The van der Waals surface area contributed by atoms with Gasteiger partial charge in [0.25, 0.3) is 0 Å². The van der Waals surface area contributed by atoms with Crippen LogP contribution in [0.4, 0.5) is 0 Å². The molecule has 0 spiro atoms. The third-order valence-electron chi connectivity index (χ3n) is 5.85. The van der Waals surface area contributed by atoms with Gasteiger partial charge in [0.1, 0.15) is 0 Å². The summed E-state index contributed by atoms with van der Waals surface area (Å²) in [6.07, 6.45) is 3.08. The molecule has 0 aromatic carbocycles. The molecule has 0 aromatic heterocycles. The number of amides is 1. The summed E-state index contributed by atoms with van der Waals surface area (Å²) in [6.45, 7) is 12.9. The van der Waals surface area contributed by atoms with Gasteiger partial charge in [0, 0.05) is 32.2 Å². The van der Waals surface area contributed by atoms with Gasteiger partial charge in [-0.1, -0.05) is 20.8 Å². The highest BCUT2D eigenvalue weighted by Crippen LogP contribution is 2.24. The van der Waals surface area contributed by atoms with Crippen molar-refractivity contribution in [2.75, 3.05) is 39.3 Å². The minimum absolute atomic E-state index is 0.0759. The minimum atomic E-state index is -0.763. The molecule has 0 aromatic rings. The van der Waals surface area contributed by atoms with E-state index in [0.717, 1.165) is 45.6 Å². The molecule has 2 fully saturated rings. The molecule has 6 heteroatoms. The third kappa shape index (κ3) is 5.42. The van der Waals surface area contributed by atoms with Crippen molar-refractivity contribution < 1.29 is 14.7 Å². The fourth-order valence-electron chi connectivity index (χ4n) is 4.57. The lowest BCUT2D eigenvalue weighted by atomic mass is 9.91.